The largest absolute Gasteiger partial charge is 0.449 e. The van der Waals surface area contributed by atoms with E-state index in [2.05, 4.69) is 20.4 Å². The average molecular weight is 270 g/mol. The Balaban J connectivity index is 3.08. The second-order valence-corrected chi connectivity index (χ2v) is 6.06. The first-order valence-electron chi connectivity index (χ1n) is 6.91. The van der Waals surface area contributed by atoms with Crippen LogP contribution in [0.15, 0.2) is 12.7 Å². The summed E-state index contributed by atoms with van der Waals surface area (Å²) in [6.07, 6.45) is 0.673. The summed E-state index contributed by atoms with van der Waals surface area (Å²) in [6.45, 7) is 13.2. The van der Waals surface area contributed by atoms with Gasteiger partial charge in [0.15, 0.2) is 5.60 Å². The summed E-state index contributed by atoms with van der Waals surface area (Å²) in [4.78, 5) is 11.4. The Kier molecular flexibility index (Phi) is 5.16. The highest BCUT2D eigenvalue weighted by Gasteiger charge is 2.57. The van der Waals surface area contributed by atoms with E-state index in [1.165, 1.54) is 13.0 Å². The topological polar surface area (TPSA) is 55.8 Å². The first-order valence-corrected chi connectivity index (χ1v) is 6.91. The highest BCUT2D eigenvalue weighted by molar-refractivity contribution is 5.67. The molecule has 0 bridgehead atoms. The highest BCUT2D eigenvalue weighted by Crippen LogP contribution is 2.41. The monoisotopic (exact) mass is 270 g/mol. The predicted molar refractivity (Wildman–Crippen MR) is 73.7 cm³/mol. The van der Waals surface area contributed by atoms with Gasteiger partial charge in [0, 0.05) is 6.92 Å². The molecule has 4 heteroatoms. The standard InChI is InChI=1S/C15H26O4/c1-7-15(19-11(6)16)13(17)12(8-9(2)3)18-14(15)10(4)5/h7,9-10,12-14,17H,1,8H2,2-6H3/t12-,13-,14+,15-/m1/s1. The molecule has 1 aliphatic heterocycles. The number of hydrogen-bond acceptors (Lipinski definition) is 4. The van der Waals surface area contributed by atoms with Crippen molar-refractivity contribution in [1.82, 2.24) is 0 Å². The first-order chi connectivity index (χ1) is 8.74. The lowest BCUT2D eigenvalue weighted by Crippen LogP contribution is -2.51. The van der Waals surface area contributed by atoms with Crippen molar-refractivity contribution in [2.24, 2.45) is 11.8 Å². The fourth-order valence-corrected chi connectivity index (χ4v) is 2.80. The summed E-state index contributed by atoms with van der Waals surface area (Å²) in [7, 11) is 0. The zero-order valence-corrected chi connectivity index (χ0v) is 12.6. The molecule has 19 heavy (non-hydrogen) atoms. The van der Waals surface area contributed by atoms with Crippen molar-refractivity contribution in [3.05, 3.63) is 12.7 Å². The summed E-state index contributed by atoms with van der Waals surface area (Å²) < 4.78 is 11.4. The molecule has 0 saturated carbocycles. The van der Waals surface area contributed by atoms with Crippen molar-refractivity contribution in [3.63, 3.8) is 0 Å². The number of rotatable bonds is 5. The van der Waals surface area contributed by atoms with E-state index in [0.29, 0.717) is 5.92 Å². The van der Waals surface area contributed by atoms with Gasteiger partial charge in [-0.25, -0.2) is 0 Å². The van der Waals surface area contributed by atoms with E-state index in [4.69, 9.17) is 9.47 Å². The molecule has 0 aromatic rings. The van der Waals surface area contributed by atoms with Gasteiger partial charge < -0.3 is 14.6 Å². The second kappa shape index (κ2) is 6.06. The van der Waals surface area contributed by atoms with Crippen molar-refractivity contribution in [1.29, 1.82) is 0 Å². The molecule has 1 heterocycles. The number of carbonyl (C=O) groups excluding carboxylic acids is 1. The molecule has 110 valence electrons. The highest BCUT2D eigenvalue weighted by atomic mass is 16.6. The molecule has 0 aromatic heterocycles. The van der Waals surface area contributed by atoms with Crippen LogP contribution in [0.25, 0.3) is 0 Å². The van der Waals surface area contributed by atoms with Crippen molar-refractivity contribution in [2.45, 2.75) is 65.0 Å². The minimum absolute atomic E-state index is 0.115. The number of esters is 1. The van der Waals surface area contributed by atoms with Crippen molar-refractivity contribution >= 4 is 5.97 Å². The third-order valence-electron chi connectivity index (χ3n) is 3.53. The van der Waals surface area contributed by atoms with E-state index < -0.39 is 17.7 Å². The van der Waals surface area contributed by atoms with Gasteiger partial charge in [0.05, 0.1) is 6.10 Å². The maximum Gasteiger partial charge on any atom is 0.303 e. The van der Waals surface area contributed by atoms with E-state index in [1.807, 2.05) is 13.8 Å². The van der Waals surface area contributed by atoms with Gasteiger partial charge in [-0.1, -0.05) is 34.3 Å². The lowest BCUT2D eigenvalue weighted by Gasteiger charge is -2.34. The first kappa shape index (κ1) is 16.2. The summed E-state index contributed by atoms with van der Waals surface area (Å²) in [5.41, 5.74) is -1.14. The molecule has 1 N–H and O–H groups in total. The van der Waals surface area contributed by atoms with Gasteiger partial charge in [0.1, 0.15) is 12.2 Å². The van der Waals surface area contributed by atoms with E-state index in [9.17, 15) is 9.90 Å². The summed E-state index contributed by atoms with van der Waals surface area (Å²) in [5, 5.41) is 10.5. The predicted octanol–water partition coefficient (Wildman–Crippen LogP) is 2.30. The van der Waals surface area contributed by atoms with E-state index in [1.54, 1.807) is 0 Å². The van der Waals surface area contributed by atoms with Crippen LogP contribution in [-0.4, -0.2) is 35.0 Å². The summed E-state index contributed by atoms with van der Waals surface area (Å²) in [6, 6.07) is 0. The molecule has 4 nitrogen and oxygen atoms in total. The van der Waals surface area contributed by atoms with Gasteiger partial charge >= 0.3 is 5.97 Å². The van der Waals surface area contributed by atoms with Crippen LogP contribution in [0.4, 0.5) is 0 Å². The number of aliphatic hydroxyl groups is 1. The van der Waals surface area contributed by atoms with Gasteiger partial charge in [0.25, 0.3) is 0 Å². The Labute approximate surface area is 115 Å². The molecule has 0 unspecified atom stereocenters. The third-order valence-corrected chi connectivity index (χ3v) is 3.53. The molecule has 0 aliphatic carbocycles. The minimum Gasteiger partial charge on any atom is -0.449 e. The number of ether oxygens (including phenoxy) is 2. The van der Waals surface area contributed by atoms with Crippen LogP contribution in [-0.2, 0) is 14.3 Å². The molecule has 4 atom stereocenters. The van der Waals surface area contributed by atoms with Gasteiger partial charge in [-0.05, 0) is 24.3 Å². The van der Waals surface area contributed by atoms with E-state index in [0.717, 1.165) is 6.42 Å². The van der Waals surface area contributed by atoms with Crippen molar-refractivity contribution < 1.29 is 19.4 Å². The van der Waals surface area contributed by atoms with E-state index in [-0.39, 0.29) is 18.1 Å². The molecular weight excluding hydrogens is 244 g/mol. The Morgan fingerprint density at radius 2 is 2.05 bits per heavy atom. The molecule has 1 saturated heterocycles. The fourth-order valence-electron chi connectivity index (χ4n) is 2.80. The molecule has 1 aliphatic rings. The molecule has 0 aromatic carbocycles. The minimum atomic E-state index is -1.14. The van der Waals surface area contributed by atoms with Gasteiger partial charge in [-0.3, -0.25) is 4.79 Å². The van der Waals surface area contributed by atoms with Crippen LogP contribution in [0, 0.1) is 11.8 Å². The Bertz CT molecular complexity index is 337. The maximum atomic E-state index is 11.4. The Morgan fingerprint density at radius 1 is 1.47 bits per heavy atom. The van der Waals surface area contributed by atoms with Gasteiger partial charge in [0.2, 0.25) is 0 Å². The number of carbonyl (C=O) groups is 1. The SMILES string of the molecule is C=C[C@@]1(OC(C)=O)[C@H](O)[C@@H](CC(C)C)O[C@H]1C(C)C. The molecule has 0 radical (unpaired) electrons. The van der Waals surface area contributed by atoms with Crippen LogP contribution >= 0.6 is 0 Å². The summed E-state index contributed by atoms with van der Waals surface area (Å²) >= 11 is 0. The van der Waals surface area contributed by atoms with Crippen LogP contribution in [0.5, 0.6) is 0 Å². The molecular formula is C15H26O4. The van der Waals surface area contributed by atoms with Crippen LogP contribution in [0.3, 0.4) is 0 Å². The smallest absolute Gasteiger partial charge is 0.303 e. The lowest BCUT2D eigenvalue weighted by atomic mass is 9.83. The van der Waals surface area contributed by atoms with Gasteiger partial charge in [-0.15, -0.1) is 0 Å². The lowest BCUT2D eigenvalue weighted by molar-refractivity contribution is -0.166. The molecule has 1 fully saturated rings. The Hall–Kier alpha value is -0.870. The number of aliphatic hydroxyl groups excluding tert-OH is 1. The maximum absolute atomic E-state index is 11.4. The third kappa shape index (κ3) is 3.18. The second-order valence-electron chi connectivity index (χ2n) is 6.06. The van der Waals surface area contributed by atoms with Crippen molar-refractivity contribution in [3.8, 4) is 0 Å². The van der Waals surface area contributed by atoms with Crippen LogP contribution in [0.2, 0.25) is 0 Å². The fraction of sp³-hybridized carbons (Fsp3) is 0.800. The number of hydrogen-bond donors (Lipinski definition) is 1. The normalized spacial score (nSPS) is 34.8. The Morgan fingerprint density at radius 3 is 2.42 bits per heavy atom. The zero-order valence-electron chi connectivity index (χ0n) is 12.6. The molecule has 0 spiro atoms. The van der Waals surface area contributed by atoms with Crippen LogP contribution in [0.1, 0.15) is 41.0 Å². The van der Waals surface area contributed by atoms with Gasteiger partial charge in [-0.2, -0.15) is 0 Å². The summed E-state index contributed by atoms with van der Waals surface area (Å²) in [5.74, 6) is 0.0768. The molecule has 0 amide bonds. The zero-order chi connectivity index (χ0) is 14.8. The van der Waals surface area contributed by atoms with Crippen molar-refractivity contribution in [2.75, 3.05) is 0 Å². The average Bonchev–Trinajstić information content (AvgIpc) is 2.53. The van der Waals surface area contributed by atoms with Crippen LogP contribution < -0.4 is 0 Å². The molecule has 1 rings (SSSR count). The quantitative estimate of drug-likeness (QED) is 0.615. The van der Waals surface area contributed by atoms with E-state index >= 15 is 0 Å².